The van der Waals surface area contributed by atoms with Crippen molar-refractivity contribution in [1.82, 2.24) is 10.6 Å². The molecule has 1 aliphatic heterocycles. The van der Waals surface area contributed by atoms with Crippen LogP contribution < -0.4 is 15.4 Å². The third kappa shape index (κ3) is 4.53. The molecule has 1 amide bonds. The maximum atomic E-state index is 11.8. The smallest absolute Gasteiger partial charge is 0.258 e. The molecular formula is C16H24N2O2. The molecule has 1 aliphatic rings. The fraction of sp³-hybridized carbons (Fsp3) is 0.562. The maximum absolute atomic E-state index is 11.8. The Balaban J connectivity index is 1.79. The zero-order chi connectivity index (χ0) is 14.4. The summed E-state index contributed by atoms with van der Waals surface area (Å²) in [4.78, 5) is 11.8. The van der Waals surface area contributed by atoms with E-state index in [-0.39, 0.29) is 18.6 Å². The zero-order valence-electron chi connectivity index (χ0n) is 12.3. The van der Waals surface area contributed by atoms with Crippen molar-refractivity contribution in [2.45, 2.75) is 38.6 Å². The number of hydrogen-bond acceptors (Lipinski definition) is 3. The summed E-state index contributed by atoms with van der Waals surface area (Å²) in [6.07, 6.45) is 1.99. The van der Waals surface area contributed by atoms with Gasteiger partial charge in [0.25, 0.3) is 5.91 Å². The van der Waals surface area contributed by atoms with E-state index in [0.717, 1.165) is 31.7 Å². The van der Waals surface area contributed by atoms with Crippen LogP contribution in [0.1, 0.15) is 38.2 Å². The number of nitrogens with one attached hydrogen (secondary N) is 2. The fourth-order valence-corrected chi connectivity index (χ4v) is 2.35. The second-order valence-corrected chi connectivity index (χ2v) is 5.61. The minimum atomic E-state index is -0.0353. The zero-order valence-corrected chi connectivity index (χ0v) is 12.3. The molecule has 0 aromatic heterocycles. The highest BCUT2D eigenvalue weighted by molar-refractivity contribution is 5.77. The topological polar surface area (TPSA) is 50.4 Å². The Morgan fingerprint density at radius 1 is 1.40 bits per heavy atom. The summed E-state index contributed by atoms with van der Waals surface area (Å²) >= 11 is 0. The Bertz CT molecular complexity index is 440. The summed E-state index contributed by atoms with van der Waals surface area (Å²) in [5.74, 6) is 1.19. The van der Waals surface area contributed by atoms with Crippen molar-refractivity contribution in [3.05, 3.63) is 29.8 Å². The van der Waals surface area contributed by atoms with Crippen LogP contribution >= 0.6 is 0 Å². The molecular weight excluding hydrogens is 252 g/mol. The quantitative estimate of drug-likeness (QED) is 0.865. The van der Waals surface area contributed by atoms with Gasteiger partial charge in [-0.05, 0) is 49.5 Å². The van der Waals surface area contributed by atoms with Crippen molar-refractivity contribution < 1.29 is 9.53 Å². The first-order valence-corrected chi connectivity index (χ1v) is 7.38. The number of hydrogen-bond donors (Lipinski definition) is 2. The van der Waals surface area contributed by atoms with Gasteiger partial charge in [-0.15, -0.1) is 0 Å². The highest BCUT2D eigenvalue weighted by Crippen LogP contribution is 2.19. The first-order valence-electron chi connectivity index (χ1n) is 7.38. The molecule has 0 saturated carbocycles. The minimum absolute atomic E-state index is 0.0353. The number of carbonyl (C=O) groups excluding carboxylic acids is 1. The lowest BCUT2D eigenvalue weighted by Gasteiger charge is -2.23. The van der Waals surface area contributed by atoms with Crippen molar-refractivity contribution >= 4 is 5.91 Å². The molecule has 1 heterocycles. The second-order valence-electron chi connectivity index (χ2n) is 5.61. The molecule has 2 rings (SSSR count). The highest BCUT2D eigenvalue weighted by Gasteiger charge is 2.15. The van der Waals surface area contributed by atoms with Gasteiger partial charge in [0.1, 0.15) is 5.75 Å². The summed E-state index contributed by atoms with van der Waals surface area (Å²) in [5, 5.41) is 6.30. The molecule has 1 saturated heterocycles. The van der Waals surface area contributed by atoms with Crippen LogP contribution in [0.25, 0.3) is 0 Å². The third-order valence-electron chi connectivity index (χ3n) is 3.60. The van der Waals surface area contributed by atoms with E-state index in [1.165, 1.54) is 5.56 Å². The van der Waals surface area contributed by atoms with Crippen LogP contribution in [0, 0.1) is 0 Å². The van der Waals surface area contributed by atoms with Crippen LogP contribution in [0.15, 0.2) is 24.3 Å². The van der Waals surface area contributed by atoms with Crippen molar-refractivity contribution in [3.8, 4) is 5.75 Å². The van der Waals surface area contributed by atoms with Crippen LogP contribution in [0.5, 0.6) is 5.75 Å². The van der Waals surface area contributed by atoms with Crippen LogP contribution in [-0.2, 0) is 4.79 Å². The van der Waals surface area contributed by atoms with Gasteiger partial charge in [-0.25, -0.2) is 0 Å². The van der Waals surface area contributed by atoms with Gasteiger partial charge in [0.2, 0.25) is 0 Å². The lowest BCUT2D eigenvalue weighted by atomic mass is 10.0. The number of rotatable bonds is 5. The fourth-order valence-electron chi connectivity index (χ4n) is 2.35. The summed E-state index contributed by atoms with van der Waals surface area (Å²) in [6, 6.07) is 8.23. The van der Waals surface area contributed by atoms with Gasteiger partial charge < -0.3 is 15.4 Å². The van der Waals surface area contributed by atoms with E-state index >= 15 is 0 Å². The Morgan fingerprint density at radius 3 is 2.85 bits per heavy atom. The molecule has 0 bridgehead atoms. The number of amides is 1. The van der Waals surface area contributed by atoms with Crippen molar-refractivity contribution in [2.24, 2.45) is 0 Å². The summed E-state index contributed by atoms with van der Waals surface area (Å²) in [7, 11) is 0. The van der Waals surface area contributed by atoms with Gasteiger partial charge in [-0.1, -0.05) is 26.0 Å². The van der Waals surface area contributed by atoms with E-state index in [0.29, 0.717) is 5.92 Å². The molecule has 1 fully saturated rings. The monoisotopic (exact) mass is 276 g/mol. The molecule has 0 spiro atoms. The molecule has 2 N–H and O–H groups in total. The molecule has 4 heteroatoms. The lowest BCUT2D eigenvalue weighted by molar-refractivity contribution is -0.123. The molecule has 0 aliphatic carbocycles. The van der Waals surface area contributed by atoms with E-state index in [2.05, 4.69) is 30.5 Å². The molecule has 0 radical (unpaired) electrons. The van der Waals surface area contributed by atoms with Gasteiger partial charge in [-0.3, -0.25) is 4.79 Å². The number of carbonyl (C=O) groups is 1. The molecule has 20 heavy (non-hydrogen) atoms. The summed E-state index contributed by atoms with van der Waals surface area (Å²) < 4.78 is 5.57. The van der Waals surface area contributed by atoms with E-state index in [1.807, 2.05) is 18.2 Å². The summed E-state index contributed by atoms with van der Waals surface area (Å²) in [6.45, 7) is 6.32. The normalized spacial score (nSPS) is 16.1. The first-order chi connectivity index (χ1) is 9.65. The molecule has 1 aromatic carbocycles. The predicted molar refractivity (Wildman–Crippen MR) is 80.1 cm³/mol. The van der Waals surface area contributed by atoms with Crippen molar-refractivity contribution in [2.75, 3.05) is 19.7 Å². The standard InChI is InChI=1S/C16H24N2O2/c1-12(2)13-4-3-5-15(10-13)20-11-16(19)18-14-6-8-17-9-7-14/h3-5,10,12,14,17H,6-9,11H2,1-2H3,(H,18,19). The average molecular weight is 276 g/mol. The first kappa shape index (κ1) is 14.9. The molecule has 1 aromatic rings. The van der Waals surface area contributed by atoms with Gasteiger partial charge in [0.05, 0.1) is 0 Å². The van der Waals surface area contributed by atoms with Crippen molar-refractivity contribution in [1.29, 1.82) is 0 Å². The van der Waals surface area contributed by atoms with Gasteiger partial charge >= 0.3 is 0 Å². The third-order valence-corrected chi connectivity index (χ3v) is 3.60. The number of piperidine rings is 1. The SMILES string of the molecule is CC(C)c1cccc(OCC(=O)NC2CCNCC2)c1. The number of ether oxygens (including phenoxy) is 1. The predicted octanol–water partition coefficient (Wildman–Crippen LogP) is 2.06. The largest absolute Gasteiger partial charge is 0.484 e. The Labute approximate surface area is 120 Å². The van der Waals surface area contributed by atoms with Crippen LogP contribution in [0.4, 0.5) is 0 Å². The Hall–Kier alpha value is -1.55. The average Bonchev–Trinajstić information content (AvgIpc) is 2.46. The molecule has 0 atom stereocenters. The van der Waals surface area contributed by atoms with Crippen molar-refractivity contribution in [3.63, 3.8) is 0 Å². The Morgan fingerprint density at radius 2 is 2.15 bits per heavy atom. The van der Waals surface area contributed by atoms with E-state index in [9.17, 15) is 4.79 Å². The molecule has 0 unspecified atom stereocenters. The van der Waals surface area contributed by atoms with Gasteiger partial charge in [0.15, 0.2) is 6.61 Å². The van der Waals surface area contributed by atoms with E-state index in [4.69, 9.17) is 4.74 Å². The highest BCUT2D eigenvalue weighted by atomic mass is 16.5. The van der Waals surface area contributed by atoms with E-state index in [1.54, 1.807) is 0 Å². The summed E-state index contributed by atoms with van der Waals surface area (Å²) in [5.41, 5.74) is 1.22. The van der Waals surface area contributed by atoms with Crippen LogP contribution in [0.2, 0.25) is 0 Å². The second kappa shape index (κ2) is 7.29. The minimum Gasteiger partial charge on any atom is -0.484 e. The van der Waals surface area contributed by atoms with Gasteiger partial charge in [0, 0.05) is 6.04 Å². The lowest BCUT2D eigenvalue weighted by Crippen LogP contribution is -2.44. The molecule has 110 valence electrons. The molecule has 4 nitrogen and oxygen atoms in total. The van der Waals surface area contributed by atoms with Gasteiger partial charge in [-0.2, -0.15) is 0 Å². The van der Waals surface area contributed by atoms with E-state index < -0.39 is 0 Å². The Kier molecular flexibility index (Phi) is 5.41. The van der Waals surface area contributed by atoms with Crippen LogP contribution in [0.3, 0.4) is 0 Å². The van der Waals surface area contributed by atoms with Crippen LogP contribution in [-0.4, -0.2) is 31.6 Å². The number of benzene rings is 1. The maximum Gasteiger partial charge on any atom is 0.258 e.